The Bertz CT molecular complexity index is 1080. The van der Waals surface area contributed by atoms with Gasteiger partial charge in [-0.25, -0.2) is 4.79 Å². The molecule has 8 heteroatoms. The van der Waals surface area contributed by atoms with E-state index >= 15 is 0 Å². The Balaban J connectivity index is 1.77. The van der Waals surface area contributed by atoms with E-state index in [1.54, 1.807) is 0 Å². The van der Waals surface area contributed by atoms with Crippen molar-refractivity contribution >= 4 is 0 Å². The van der Waals surface area contributed by atoms with Crippen molar-refractivity contribution in [2.45, 2.75) is 26.2 Å². The van der Waals surface area contributed by atoms with Gasteiger partial charge in [0, 0.05) is 18.2 Å². The average molecular weight is 412 g/mol. The molecule has 1 heterocycles. The number of hydrogen-bond donors (Lipinski definition) is 3. The first-order valence-electron chi connectivity index (χ1n) is 9.48. The molecule has 3 rings (SSSR count). The van der Waals surface area contributed by atoms with Gasteiger partial charge in [0.2, 0.25) is 0 Å². The monoisotopic (exact) mass is 412 g/mol. The van der Waals surface area contributed by atoms with Gasteiger partial charge in [-0.05, 0) is 36.8 Å². The second-order valence-corrected chi connectivity index (χ2v) is 6.91. The lowest BCUT2D eigenvalue weighted by molar-refractivity contribution is -0.0513. The molecule has 3 aromatic rings. The van der Waals surface area contributed by atoms with E-state index in [-0.39, 0.29) is 26.4 Å². The molecule has 3 N–H and O–H groups in total. The Morgan fingerprint density at radius 1 is 1.03 bits per heavy atom. The van der Waals surface area contributed by atoms with Crippen molar-refractivity contribution < 1.29 is 19.7 Å². The molecule has 0 radical (unpaired) electrons. The third kappa shape index (κ3) is 5.66. The van der Waals surface area contributed by atoms with E-state index in [0.717, 1.165) is 11.1 Å². The predicted octanol–water partition coefficient (Wildman–Crippen LogP) is 1.56. The minimum absolute atomic E-state index is 0.203. The van der Waals surface area contributed by atoms with Crippen molar-refractivity contribution in [1.29, 1.82) is 0 Å². The van der Waals surface area contributed by atoms with Gasteiger partial charge in [-0.15, -0.1) is 0 Å². The zero-order valence-corrected chi connectivity index (χ0v) is 16.6. The van der Waals surface area contributed by atoms with Crippen LogP contribution in [0.25, 0.3) is 0 Å². The highest BCUT2D eigenvalue weighted by Crippen LogP contribution is 2.23. The standard InChI is InChI=1S/C22H24N2O6/c1-15-5-7-18(8-6-15)30-19-4-2-3-16(10-19)9-17-11-24(22(28)23-21(17)27)14-29-20(12-25)13-26/h2-8,10-11,20,25-26H,9,12-14H2,1H3,(H,23,27,28). The van der Waals surface area contributed by atoms with E-state index < -0.39 is 17.4 Å². The lowest BCUT2D eigenvalue weighted by Crippen LogP contribution is -2.34. The maximum absolute atomic E-state index is 12.2. The number of hydrogen-bond acceptors (Lipinski definition) is 6. The van der Waals surface area contributed by atoms with Gasteiger partial charge in [-0.3, -0.25) is 14.3 Å². The van der Waals surface area contributed by atoms with Crippen molar-refractivity contribution in [3.63, 3.8) is 0 Å². The zero-order chi connectivity index (χ0) is 21.5. The summed E-state index contributed by atoms with van der Waals surface area (Å²) in [5, 5.41) is 18.1. The molecule has 0 spiro atoms. The summed E-state index contributed by atoms with van der Waals surface area (Å²) < 4.78 is 12.3. The number of aryl methyl sites for hydroxylation is 1. The number of benzene rings is 2. The van der Waals surface area contributed by atoms with Crippen molar-refractivity contribution in [2.75, 3.05) is 13.2 Å². The first kappa shape index (κ1) is 21.5. The van der Waals surface area contributed by atoms with Crippen LogP contribution < -0.4 is 16.0 Å². The number of H-pyrrole nitrogens is 1. The molecular formula is C22H24N2O6. The van der Waals surface area contributed by atoms with Crippen molar-refractivity contribution in [3.05, 3.63) is 92.3 Å². The van der Waals surface area contributed by atoms with E-state index in [2.05, 4.69) is 4.98 Å². The number of aromatic nitrogens is 2. The molecule has 2 aromatic carbocycles. The number of aromatic amines is 1. The molecule has 0 unspecified atom stereocenters. The fraction of sp³-hybridized carbons (Fsp3) is 0.273. The molecule has 0 amide bonds. The van der Waals surface area contributed by atoms with Gasteiger partial charge in [0.25, 0.3) is 5.56 Å². The number of nitrogens with zero attached hydrogens (tertiary/aromatic N) is 1. The average Bonchev–Trinajstić information content (AvgIpc) is 2.74. The van der Waals surface area contributed by atoms with Crippen LogP contribution in [0.2, 0.25) is 0 Å². The number of nitrogens with one attached hydrogen (secondary N) is 1. The molecule has 1 aromatic heterocycles. The van der Waals surface area contributed by atoms with Crippen LogP contribution in [0.3, 0.4) is 0 Å². The SMILES string of the molecule is Cc1ccc(Oc2cccc(Cc3cn(COC(CO)CO)c(=O)[nH]c3=O)c2)cc1. The fourth-order valence-corrected chi connectivity index (χ4v) is 2.81. The molecule has 0 bridgehead atoms. The van der Waals surface area contributed by atoms with Crippen molar-refractivity contribution in [2.24, 2.45) is 0 Å². The van der Waals surface area contributed by atoms with E-state index in [4.69, 9.17) is 19.7 Å². The van der Waals surface area contributed by atoms with Gasteiger partial charge in [0.1, 0.15) is 24.3 Å². The molecule has 158 valence electrons. The third-order valence-electron chi connectivity index (χ3n) is 4.49. The highest BCUT2D eigenvalue weighted by molar-refractivity contribution is 5.36. The number of aliphatic hydroxyl groups excluding tert-OH is 2. The first-order chi connectivity index (χ1) is 14.5. The molecule has 8 nitrogen and oxygen atoms in total. The molecule has 0 saturated heterocycles. The summed E-state index contributed by atoms with van der Waals surface area (Å²) in [7, 11) is 0. The Hall–Kier alpha value is -3.20. The second kappa shape index (κ2) is 10.0. The van der Waals surface area contributed by atoms with Gasteiger partial charge < -0.3 is 19.7 Å². The minimum Gasteiger partial charge on any atom is -0.457 e. The molecular weight excluding hydrogens is 388 g/mol. The summed E-state index contributed by atoms with van der Waals surface area (Å²) in [6, 6.07) is 15.0. The Morgan fingerprint density at radius 2 is 1.77 bits per heavy atom. The Kier molecular flexibility index (Phi) is 7.18. The van der Waals surface area contributed by atoms with Crippen LogP contribution in [-0.4, -0.2) is 39.1 Å². The van der Waals surface area contributed by atoms with E-state index in [1.165, 1.54) is 10.8 Å². The normalized spacial score (nSPS) is 11.1. The van der Waals surface area contributed by atoms with E-state index in [1.807, 2.05) is 55.5 Å². The maximum atomic E-state index is 12.2. The Morgan fingerprint density at radius 3 is 2.47 bits per heavy atom. The smallest absolute Gasteiger partial charge is 0.330 e. The van der Waals surface area contributed by atoms with E-state index in [0.29, 0.717) is 17.1 Å². The number of rotatable bonds is 9. The molecule has 0 atom stereocenters. The molecule has 30 heavy (non-hydrogen) atoms. The largest absolute Gasteiger partial charge is 0.457 e. The lowest BCUT2D eigenvalue weighted by atomic mass is 10.1. The van der Waals surface area contributed by atoms with E-state index in [9.17, 15) is 9.59 Å². The third-order valence-corrected chi connectivity index (χ3v) is 4.49. The Labute approximate surface area is 173 Å². The van der Waals surface area contributed by atoms with Crippen LogP contribution in [0.4, 0.5) is 0 Å². The van der Waals surface area contributed by atoms with Crippen LogP contribution in [0.1, 0.15) is 16.7 Å². The summed E-state index contributed by atoms with van der Waals surface area (Å²) in [4.78, 5) is 26.5. The van der Waals surface area contributed by atoms with Gasteiger partial charge in [-0.2, -0.15) is 0 Å². The molecule has 0 saturated carbocycles. The van der Waals surface area contributed by atoms with Crippen LogP contribution in [0.5, 0.6) is 11.5 Å². The second-order valence-electron chi connectivity index (χ2n) is 6.91. The zero-order valence-electron chi connectivity index (χ0n) is 16.6. The van der Waals surface area contributed by atoms with Crippen LogP contribution in [-0.2, 0) is 17.9 Å². The van der Waals surface area contributed by atoms with Crippen molar-refractivity contribution in [1.82, 2.24) is 9.55 Å². The lowest BCUT2D eigenvalue weighted by Gasteiger charge is -2.14. The quantitative estimate of drug-likeness (QED) is 0.492. The fourth-order valence-electron chi connectivity index (χ4n) is 2.81. The number of ether oxygens (including phenoxy) is 2. The van der Waals surface area contributed by atoms with Gasteiger partial charge in [-0.1, -0.05) is 29.8 Å². The van der Waals surface area contributed by atoms with Crippen LogP contribution in [0.15, 0.2) is 64.3 Å². The van der Waals surface area contributed by atoms with Crippen molar-refractivity contribution in [3.8, 4) is 11.5 Å². The molecule has 0 aliphatic heterocycles. The molecule has 0 fully saturated rings. The summed E-state index contributed by atoms with van der Waals surface area (Å²) in [5.41, 5.74) is 1.23. The minimum atomic E-state index is -0.803. The molecule has 0 aliphatic rings. The highest BCUT2D eigenvalue weighted by atomic mass is 16.5. The first-order valence-corrected chi connectivity index (χ1v) is 9.48. The van der Waals surface area contributed by atoms with Crippen LogP contribution in [0, 0.1) is 6.92 Å². The maximum Gasteiger partial charge on any atom is 0.330 e. The summed E-state index contributed by atoms with van der Waals surface area (Å²) in [5.74, 6) is 1.35. The predicted molar refractivity (Wildman–Crippen MR) is 111 cm³/mol. The van der Waals surface area contributed by atoms with Gasteiger partial charge in [0.15, 0.2) is 0 Å². The van der Waals surface area contributed by atoms with Crippen LogP contribution >= 0.6 is 0 Å². The van der Waals surface area contributed by atoms with Gasteiger partial charge in [0.05, 0.1) is 13.2 Å². The topological polar surface area (TPSA) is 114 Å². The summed E-state index contributed by atoms with van der Waals surface area (Å²) in [6.45, 7) is 1.04. The molecule has 0 aliphatic carbocycles. The summed E-state index contributed by atoms with van der Waals surface area (Å²) >= 11 is 0. The van der Waals surface area contributed by atoms with Gasteiger partial charge >= 0.3 is 5.69 Å². The highest BCUT2D eigenvalue weighted by Gasteiger charge is 2.10. The summed E-state index contributed by atoms with van der Waals surface area (Å²) in [6.07, 6.45) is 0.896. The number of aliphatic hydroxyl groups is 2.